The van der Waals surface area contributed by atoms with Crippen LogP contribution in [0, 0.1) is 0 Å². The third-order valence-electron chi connectivity index (χ3n) is 6.27. The van der Waals surface area contributed by atoms with Crippen LogP contribution >= 0.6 is 0 Å². The minimum absolute atomic E-state index is 0.139. The molecule has 0 fully saturated rings. The maximum Gasteiger partial charge on any atom is 0.408 e. The molecule has 2 rings (SSSR count). The number of rotatable bonds is 9. The van der Waals surface area contributed by atoms with E-state index in [1.165, 1.54) is 16.7 Å². The minimum Gasteiger partial charge on any atom is -0.454 e. The number of alkyl carbamates (subject to hydrolysis) is 1. The van der Waals surface area contributed by atoms with E-state index in [1.54, 1.807) is 20.8 Å². The van der Waals surface area contributed by atoms with E-state index in [4.69, 9.17) is 9.47 Å². The van der Waals surface area contributed by atoms with E-state index in [0.717, 1.165) is 11.1 Å². The highest BCUT2D eigenvalue weighted by atomic mass is 16.6. The Bertz CT molecular complexity index is 1060. The van der Waals surface area contributed by atoms with Gasteiger partial charge in [-0.1, -0.05) is 90.6 Å². The molecule has 0 aromatic heterocycles. The summed E-state index contributed by atoms with van der Waals surface area (Å²) in [6.45, 7) is 24.4. The third-order valence-corrected chi connectivity index (χ3v) is 6.27. The second-order valence-corrected chi connectivity index (χ2v) is 11.6. The van der Waals surface area contributed by atoms with Gasteiger partial charge < -0.3 is 14.8 Å². The lowest BCUT2D eigenvalue weighted by Crippen LogP contribution is -2.37. The number of amides is 1. The fraction of sp³-hybridized carbons (Fsp3) is 0.500. The van der Waals surface area contributed by atoms with E-state index in [-0.39, 0.29) is 17.4 Å². The van der Waals surface area contributed by atoms with E-state index in [2.05, 4.69) is 65.6 Å². The van der Waals surface area contributed by atoms with Crippen LogP contribution in [0.5, 0.6) is 0 Å². The van der Waals surface area contributed by atoms with Crippen LogP contribution in [0.4, 0.5) is 4.79 Å². The standard InChI is InChI=1S/C32H45NO4/c1-19(2)25-17-26(20(3)4)28(27(18-25)21(5)6)23(8)36-30(34)22(7)29(24-15-13-12-14-16-24)33-31(35)37-32(9,10)11/h12-21,23,29H,7H2,1-6,8-11H3,(H,33,35)/t23-,29+/m0/s1. The second kappa shape index (κ2) is 12.4. The van der Waals surface area contributed by atoms with Crippen molar-refractivity contribution in [1.82, 2.24) is 5.32 Å². The van der Waals surface area contributed by atoms with Crippen LogP contribution in [0.25, 0.3) is 0 Å². The van der Waals surface area contributed by atoms with Crippen molar-refractivity contribution in [1.29, 1.82) is 0 Å². The number of hydrogen-bond acceptors (Lipinski definition) is 4. The van der Waals surface area contributed by atoms with Crippen molar-refractivity contribution in [3.8, 4) is 0 Å². The van der Waals surface area contributed by atoms with Gasteiger partial charge in [0.2, 0.25) is 0 Å². The first-order valence-corrected chi connectivity index (χ1v) is 13.2. The predicted molar refractivity (Wildman–Crippen MR) is 151 cm³/mol. The fourth-order valence-electron chi connectivity index (χ4n) is 4.34. The van der Waals surface area contributed by atoms with E-state index < -0.39 is 29.8 Å². The summed E-state index contributed by atoms with van der Waals surface area (Å²) < 4.78 is 11.5. The quantitative estimate of drug-likeness (QED) is 0.273. The Morgan fingerprint density at radius 3 is 1.76 bits per heavy atom. The highest BCUT2D eigenvalue weighted by Crippen LogP contribution is 2.37. The molecule has 2 aromatic rings. The van der Waals surface area contributed by atoms with Crippen LogP contribution < -0.4 is 5.32 Å². The SMILES string of the molecule is C=C(C(=O)O[C@@H](C)c1c(C(C)C)cc(C(C)C)cc1C(C)C)[C@@H](NC(=O)OC(C)(C)C)c1ccccc1. The zero-order valence-corrected chi connectivity index (χ0v) is 24.3. The maximum atomic E-state index is 13.4. The first kappa shape index (κ1) is 30.1. The molecule has 0 spiro atoms. The summed E-state index contributed by atoms with van der Waals surface area (Å²) in [6.07, 6.45) is -1.12. The lowest BCUT2D eigenvalue weighted by atomic mass is 9.82. The van der Waals surface area contributed by atoms with Crippen molar-refractivity contribution in [2.24, 2.45) is 0 Å². The summed E-state index contributed by atoms with van der Waals surface area (Å²) in [4.78, 5) is 26.0. The largest absolute Gasteiger partial charge is 0.454 e. The van der Waals surface area contributed by atoms with Crippen molar-refractivity contribution in [3.05, 3.63) is 82.4 Å². The number of carbonyl (C=O) groups is 2. The van der Waals surface area contributed by atoms with E-state index >= 15 is 0 Å². The van der Waals surface area contributed by atoms with Gasteiger partial charge in [0.15, 0.2) is 0 Å². The molecule has 0 aliphatic rings. The number of nitrogens with one attached hydrogen (secondary N) is 1. The zero-order chi connectivity index (χ0) is 28.1. The number of carbonyl (C=O) groups excluding carboxylic acids is 2. The lowest BCUT2D eigenvalue weighted by molar-refractivity contribution is -0.144. The van der Waals surface area contributed by atoms with Gasteiger partial charge in [0, 0.05) is 0 Å². The van der Waals surface area contributed by atoms with Crippen LogP contribution in [0.1, 0.15) is 127 Å². The van der Waals surface area contributed by atoms with Crippen LogP contribution in [0.2, 0.25) is 0 Å². The number of benzene rings is 2. The molecule has 1 N–H and O–H groups in total. The molecule has 5 nitrogen and oxygen atoms in total. The molecular formula is C32H45NO4. The van der Waals surface area contributed by atoms with Gasteiger partial charge in [-0.15, -0.1) is 0 Å². The van der Waals surface area contributed by atoms with Crippen LogP contribution in [-0.2, 0) is 14.3 Å². The highest BCUT2D eigenvalue weighted by Gasteiger charge is 2.29. The second-order valence-electron chi connectivity index (χ2n) is 11.6. The number of hydrogen-bond donors (Lipinski definition) is 1. The van der Waals surface area contributed by atoms with Crippen molar-refractivity contribution in [2.45, 2.75) is 105 Å². The number of ether oxygens (including phenoxy) is 2. The van der Waals surface area contributed by atoms with Crippen molar-refractivity contribution >= 4 is 12.1 Å². The molecular weight excluding hydrogens is 462 g/mol. The Morgan fingerprint density at radius 1 is 0.811 bits per heavy atom. The molecule has 2 atom stereocenters. The molecule has 37 heavy (non-hydrogen) atoms. The first-order valence-electron chi connectivity index (χ1n) is 13.2. The summed E-state index contributed by atoms with van der Waals surface area (Å²) in [7, 11) is 0. The summed E-state index contributed by atoms with van der Waals surface area (Å²) in [6, 6.07) is 12.9. The van der Waals surface area contributed by atoms with Gasteiger partial charge in [-0.3, -0.25) is 0 Å². The average Bonchev–Trinajstić information content (AvgIpc) is 2.80. The molecule has 0 aliphatic carbocycles. The van der Waals surface area contributed by atoms with E-state index in [0.29, 0.717) is 5.92 Å². The fourth-order valence-corrected chi connectivity index (χ4v) is 4.34. The van der Waals surface area contributed by atoms with Gasteiger partial charge in [0.1, 0.15) is 11.7 Å². The van der Waals surface area contributed by atoms with Crippen LogP contribution in [0.3, 0.4) is 0 Å². The maximum absolute atomic E-state index is 13.4. The number of esters is 1. The summed E-state index contributed by atoms with van der Waals surface area (Å²) in [5.74, 6) is 0.366. The normalized spacial score (nSPS) is 13.4. The van der Waals surface area contributed by atoms with Crippen molar-refractivity contribution < 1.29 is 19.1 Å². The van der Waals surface area contributed by atoms with Gasteiger partial charge in [0.25, 0.3) is 0 Å². The summed E-state index contributed by atoms with van der Waals surface area (Å²) >= 11 is 0. The molecule has 0 saturated heterocycles. The molecule has 0 radical (unpaired) electrons. The van der Waals surface area contributed by atoms with Gasteiger partial charge in [0.05, 0.1) is 11.6 Å². The summed E-state index contributed by atoms with van der Waals surface area (Å²) in [5, 5.41) is 2.80. The Labute approximate surface area is 223 Å². The predicted octanol–water partition coefficient (Wildman–Crippen LogP) is 8.48. The molecule has 202 valence electrons. The Balaban J connectivity index is 2.40. The van der Waals surface area contributed by atoms with Gasteiger partial charge in [-0.2, -0.15) is 0 Å². The molecule has 0 bridgehead atoms. The molecule has 0 saturated carbocycles. The van der Waals surface area contributed by atoms with Gasteiger partial charge in [-0.25, -0.2) is 9.59 Å². The van der Waals surface area contributed by atoms with Crippen molar-refractivity contribution in [2.75, 3.05) is 0 Å². The van der Waals surface area contributed by atoms with E-state index in [1.807, 2.05) is 37.3 Å². The zero-order valence-electron chi connectivity index (χ0n) is 24.3. The Morgan fingerprint density at radius 2 is 1.32 bits per heavy atom. The smallest absolute Gasteiger partial charge is 0.408 e. The Hall–Kier alpha value is -3.08. The van der Waals surface area contributed by atoms with Gasteiger partial charge >= 0.3 is 12.1 Å². The molecule has 5 heteroatoms. The van der Waals surface area contributed by atoms with Crippen LogP contribution in [-0.4, -0.2) is 17.7 Å². The Kier molecular flexibility index (Phi) is 10.1. The first-order chi connectivity index (χ1) is 17.1. The molecule has 2 aromatic carbocycles. The average molecular weight is 508 g/mol. The third kappa shape index (κ3) is 8.21. The molecule has 0 heterocycles. The topological polar surface area (TPSA) is 64.6 Å². The molecule has 0 unspecified atom stereocenters. The minimum atomic E-state index is -0.784. The highest BCUT2D eigenvalue weighted by molar-refractivity contribution is 5.90. The lowest BCUT2D eigenvalue weighted by Gasteiger charge is -2.28. The summed E-state index contributed by atoms with van der Waals surface area (Å²) in [5.41, 5.74) is 4.89. The van der Waals surface area contributed by atoms with Crippen molar-refractivity contribution in [3.63, 3.8) is 0 Å². The molecule has 0 aliphatic heterocycles. The van der Waals surface area contributed by atoms with Crippen LogP contribution in [0.15, 0.2) is 54.6 Å². The van der Waals surface area contributed by atoms with E-state index in [9.17, 15) is 9.59 Å². The van der Waals surface area contributed by atoms with Gasteiger partial charge in [-0.05, 0) is 73.3 Å². The monoisotopic (exact) mass is 507 g/mol. The molecule has 1 amide bonds.